The molecule has 1 atom stereocenters. The van der Waals surface area contributed by atoms with E-state index in [-0.39, 0.29) is 25.3 Å². The predicted octanol–water partition coefficient (Wildman–Crippen LogP) is 2.68. The van der Waals surface area contributed by atoms with E-state index in [1.54, 1.807) is 6.20 Å². The molecule has 0 spiro atoms. The summed E-state index contributed by atoms with van der Waals surface area (Å²) in [6.45, 7) is 0.147. The van der Waals surface area contributed by atoms with Gasteiger partial charge in [-0.2, -0.15) is 5.10 Å². The number of hydrogen-bond donors (Lipinski definition) is 0. The van der Waals surface area contributed by atoms with Crippen molar-refractivity contribution in [3.63, 3.8) is 0 Å². The maximum absolute atomic E-state index is 12.7. The van der Waals surface area contributed by atoms with Gasteiger partial charge in [-0.05, 0) is 30.3 Å². The van der Waals surface area contributed by atoms with Crippen molar-refractivity contribution in [3.05, 3.63) is 59.9 Å². The van der Waals surface area contributed by atoms with Crippen molar-refractivity contribution >= 4 is 22.7 Å². The second-order valence-electron chi connectivity index (χ2n) is 6.79. The Morgan fingerprint density at radius 2 is 2.00 bits per heavy atom. The number of nitrogens with zero attached hydrogens (tertiary/aromatic N) is 4. The number of para-hydroxylation sites is 2. The zero-order chi connectivity index (χ0) is 19.8. The Kier molecular flexibility index (Phi) is 4.33. The predicted molar refractivity (Wildman–Crippen MR) is 105 cm³/mol. The van der Waals surface area contributed by atoms with E-state index in [1.807, 2.05) is 42.5 Å². The number of ether oxygens (including phenoxy) is 3. The Balaban J connectivity index is 1.51. The molecule has 0 bridgehead atoms. The maximum Gasteiger partial charge on any atom is 0.269 e. The van der Waals surface area contributed by atoms with Crippen molar-refractivity contribution in [1.29, 1.82) is 0 Å². The van der Waals surface area contributed by atoms with E-state index in [1.165, 1.54) is 12.1 Å². The molecule has 2 aliphatic rings. The van der Waals surface area contributed by atoms with Crippen LogP contribution in [0.4, 0.5) is 0 Å². The zero-order valence-corrected chi connectivity index (χ0v) is 15.7. The summed E-state index contributed by atoms with van der Waals surface area (Å²) in [5, 5.41) is 6.04. The number of fused-ring (bicyclic) bond motifs is 2. The molecule has 3 aromatic rings. The summed E-state index contributed by atoms with van der Waals surface area (Å²) in [6.07, 6.45) is 2.22. The van der Waals surface area contributed by atoms with Crippen LogP contribution in [0.5, 0.6) is 11.5 Å². The van der Waals surface area contributed by atoms with E-state index in [0.717, 1.165) is 22.3 Å². The number of carbonyl (C=O) groups excluding carboxylic acids is 1. The summed E-state index contributed by atoms with van der Waals surface area (Å²) in [7, 11) is 1.49. The highest BCUT2D eigenvalue weighted by Gasteiger charge is 2.34. The molecule has 8 heteroatoms. The Labute approximate surface area is 166 Å². The summed E-state index contributed by atoms with van der Waals surface area (Å²) in [6, 6.07) is 12.9. The number of amides is 1. The maximum atomic E-state index is 12.7. The van der Waals surface area contributed by atoms with Crippen LogP contribution in [0.2, 0.25) is 0 Å². The van der Waals surface area contributed by atoms with Crippen LogP contribution < -0.4 is 9.47 Å². The van der Waals surface area contributed by atoms with E-state index in [2.05, 4.69) is 10.1 Å². The van der Waals surface area contributed by atoms with Crippen LogP contribution in [-0.2, 0) is 9.53 Å². The highest BCUT2D eigenvalue weighted by molar-refractivity contribution is 6.03. The molecule has 0 aliphatic carbocycles. The summed E-state index contributed by atoms with van der Waals surface area (Å²) in [5.41, 5.74) is 3.92. The minimum Gasteiger partial charge on any atom is -0.454 e. The molecule has 5 rings (SSSR count). The van der Waals surface area contributed by atoms with Crippen LogP contribution in [0.25, 0.3) is 11.0 Å². The largest absolute Gasteiger partial charge is 0.454 e. The average Bonchev–Trinajstić information content (AvgIpc) is 3.40. The first-order chi connectivity index (χ1) is 14.2. The molecule has 0 radical (unpaired) electrons. The molecule has 0 unspecified atom stereocenters. The van der Waals surface area contributed by atoms with Gasteiger partial charge in [0.15, 0.2) is 11.5 Å². The van der Waals surface area contributed by atoms with Crippen LogP contribution in [-0.4, -0.2) is 47.1 Å². The lowest BCUT2D eigenvalue weighted by Crippen LogP contribution is -2.30. The molecule has 146 valence electrons. The van der Waals surface area contributed by atoms with Gasteiger partial charge >= 0.3 is 0 Å². The smallest absolute Gasteiger partial charge is 0.269 e. The van der Waals surface area contributed by atoms with Crippen molar-refractivity contribution < 1.29 is 19.0 Å². The molecule has 1 aromatic heterocycles. The number of benzene rings is 2. The topological polar surface area (TPSA) is 86.1 Å². The molecule has 2 aromatic carbocycles. The van der Waals surface area contributed by atoms with Gasteiger partial charge in [-0.15, -0.1) is 0 Å². The summed E-state index contributed by atoms with van der Waals surface area (Å²) >= 11 is 0. The van der Waals surface area contributed by atoms with Gasteiger partial charge in [0.05, 0.1) is 28.6 Å². The highest BCUT2D eigenvalue weighted by Crippen LogP contribution is 2.36. The Bertz CT molecular complexity index is 1130. The standard InChI is InChI=1S/C21H18N4O4/c1-27-11-21(26)25-18(17-10-22-14-4-2-3-5-15(14)23-17)9-16(24-25)13-6-7-19-20(8-13)29-12-28-19/h2-8,10,18H,9,11-12H2,1H3/t18-/m0/s1. The van der Waals surface area contributed by atoms with Crippen LogP contribution in [0, 0.1) is 0 Å². The van der Waals surface area contributed by atoms with E-state index >= 15 is 0 Å². The number of hydrogen-bond acceptors (Lipinski definition) is 7. The lowest BCUT2D eigenvalue weighted by atomic mass is 10.0. The summed E-state index contributed by atoms with van der Waals surface area (Å²) < 4.78 is 15.9. The van der Waals surface area contributed by atoms with Crippen molar-refractivity contribution in [2.75, 3.05) is 20.5 Å². The molecule has 0 N–H and O–H groups in total. The number of aromatic nitrogens is 2. The van der Waals surface area contributed by atoms with Crippen molar-refractivity contribution in [3.8, 4) is 11.5 Å². The minimum absolute atomic E-state index is 0.0601. The number of carbonyl (C=O) groups is 1. The first-order valence-corrected chi connectivity index (χ1v) is 9.23. The molecule has 0 saturated heterocycles. The second-order valence-corrected chi connectivity index (χ2v) is 6.79. The van der Waals surface area contributed by atoms with E-state index in [4.69, 9.17) is 19.2 Å². The number of hydrazone groups is 1. The molecule has 8 nitrogen and oxygen atoms in total. The van der Waals surface area contributed by atoms with E-state index in [9.17, 15) is 4.79 Å². The van der Waals surface area contributed by atoms with Crippen molar-refractivity contribution in [2.24, 2.45) is 5.10 Å². The Morgan fingerprint density at radius 3 is 2.86 bits per heavy atom. The van der Waals surface area contributed by atoms with Crippen LogP contribution >= 0.6 is 0 Å². The molecule has 2 aliphatic heterocycles. The number of rotatable bonds is 4. The van der Waals surface area contributed by atoms with E-state index in [0.29, 0.717) is 23.6 Å². The lowest BCUT2D eigenvalue weighted by molar-refractivity contribution is -0.137. The molecular weight excluding hydrogens is 372 g/mol. The van der Waals surface area contributed by atoms with Gasteiger partial charge in [0, 0.05) is 19.1 Å². The average molecular weight is 390 g/mol. The van der Waals surface area contributed by atoms with Crippen LogP contribution in [0.1, 0.15) is 23.7 Å². The fourth-order valence-electron chi connectivity index (χ4n) is 3.54. The van der Waals surface area contributed by atoms with Gasteiger partial charge in [0.1, 0.15) is 12.6 Å². The van der Waals surface area contributed by atoms with E-state index < -0.39 is 0 Å². The van der Waals surface area contributed by atoms with Crippen molar-refractivity contribution in [2.45, 2.75) is 12.5 Å². The Hall–Kier alpha value is -3.52. The molecule has 0 fully saturated rings. The summed E-state index contributed by atoms with van der Waals surface area (Å²) in [5.74, 6) is 1.15. The van der Waals surface area contributed by atoms with Gasteiger partial charge in [-0.3, -0.25) is 9.78 Å². The normalized spacial score (nSPS) is 17.6. The van der Waals surface area contributed by atoms with Gasteiger partial charge in [0.25, 0.3) is 5.91 Å². The van der Waals surface area contributed by atoms with Gasteiger partial charge < -0.3 is 14.2 Å². The van der Waals surface area contributed by atoms with Gasteiger partial charge in [-0.25, -0.2) is 9.99 Å². The number of methoxy groups -OCH3 is 1. The van der Waals surface area contributed by atoms with Gasteiger partial charge in [0.2, 0.25) is 6.79 Å². The SMILES string of the molecule is COCC(=O)N1N=C(c2ccc3c(c2)OCO3)C[C@H]1c1cnc2ccccc2n1. The lowest BCUT2D eigenvalue weighted by Gasteiger charge is -2.20. The molecule has 1 amide bonds. The first kappa shape index (κ1) is 17.6. The third-order valence-electron chi connectivity index (χ3n) is 4.95. The first-order valence-electron chi connectivity index (χ1n) is 9.23. The van der Waals surface area contributed by atoms with Crippen LogP contribution in [0.15, 0.2) is 53.8 Å². The van der Waals surface area contributed by atoms with Crippen LogP contribution in [0.3, 0.4) is 0 Å². The third-order valence-corrected chi connectivity index (χ3v) is 4.95. The fraction of sp³-hybridized carbons (Fsp3) is 0.238. The fourth-order valence-corrected chi connectivity index (χ4v) is 3.54. The summed E-state index contributed by atoms with van der Waals surface area (Å²) in [4.78, 5) is 21.9. The minimum atomic E-state index is -0.352. The van der Waals surface area contributed by atoms with Gasteiger partial charge in [-0.1, -0.05) is 12.1 Å². The highest BCUT2D eigenvalue weighted by atomic mass is 16.7. The second kappa shape index (κ2) is 7.14. The quantitative estimate of drug-likeness (QED) is 0.681. The third kappa shape index (κ3) is 3.17. The molecular formula is C21H18N4O4. The monoisotopic (exact) mass is 390 g/mol. The molecule has 29 heavy (non-hydrogen) atoms. The zero-order valence-electron chi connectivity index (χ0n) is 15.7. The Morgan fingerprint density at radius 1 is 1.17 bits per heavy atom. The molecule has 3 heterocycles. The van der Waals surface area contributed by atoms with Crippen molar-refractivity contribution in [1.82, 2.24) is 15.0 Å². The molecule has 0 saturated carbocycles.